The molecule has 0 spiro atoms. The SMILES string of the molecule is O=C(NCc1ccc(N2CCOCC2)cc1)C1CCN(S(=O)(=O)Cc2c(Cl)cccc2Cl)CC1. The predicted octanol–water partition coefficient (Wildman–Crippen LogP) is 3.69. The van der Waals surface area contributed by atoms with Gasteiger partial charge in [-0.2, -0.15) is 0 Å². The number of hydrogen-bond acceptors (Lipinski definition) is 5. The fourth-order valence-corrected chi connectivity index (χ4v) is 6.63. The van der Waals surface area contributed by atoms with E-state index in [9.17, 15) is 13.2 Å². The number of amides is 1. The Labute approximate surface area is 211 Å². The van der Waals surface area contributed by atoms with Crippen LogP contribution in [0.15, 0.2) is 42.5 Å². The molecule has 2 aromatic rings. The Morgan fingerprint density at radius 1 is 0.971 bits per heavy atom. The first-order valence-corrected chi connectivity index (χ1v) is 13.8. The van der Waals surface area contributed by atoms with Crippen LogP contribution in [0.3, 0.4) is 0 Å². The van der Waals surface area contributed by atoms with Gasteiger partial charge in [0.15, 0.2) is 0 Å². The Morgan fingerprint density at radius 2 is 1.59 bits per heavy atom. The van der Waals surface area contributed by atoms with Gasteiger partial charge in [-0.3, -0.25) is 4.79 Å². The summed E-state index contributed by atoms with van der Waals surface area (Å²) in [7, 11) is -3.58. The molecule has 1 N–H and O–H groups in total. The Kier molecular flexibility index (Phi) is 8.37. The fourth-order valence-electron chi connectivity index (χ4n) is 4.32. The minimum Gasteiger partial charge on any atom is -0.378 e. The van der Waals surface area contributed by atoms with E-state index in [1.165, 1.54) is 4.31 Å². The number of carbonyl (C=O) groups excluding carboxylic acids is 1. The molecule has 2 fully saturated rings. The molecule has 7 nitrogen and oxygen atoms in total. The summed E-state index contributed by atoms with van der Waals surface area (Å²) in [5.74, 6) is -0.491. The number of hydrogen-bond donors (Lipinski definition) is 1. The monoisotopic (exact) mass is 525 g/mol. The van der Waals surface area contributed by atoms with E-state index in [1.54, 1.807) is 18.2 Å². The lowest BCUT2D eigenvalue weighted by Gasteiger charge is -2.31. The molecule has 0 unspecified atom stereocenters. The molecule has 1 amide bonds. The number of morpholine rings is 1. The minimum absolute atomic E-state index is 0.0385. The van der Waals surface area contributed by atoms with E-state index in [1.807, 2.05) is 12.1 Å². The zero-order valence-corrected chi connectivity index (χ0v) is 21.2. The highest BCUT2D eigenvalue weighted by atomic mass is 35.5. The van der Waals surface area contributed by atoms with E-state index < -0.39 is 10.0 Å². The first kappa shape index (κ1) is 25.3. The van der Waals surface area contributed by atoms with Gasteiger partial charge in [0.1, 0.15) is 0 Å². The van der Waals surface area contributed by atoms with E-state index in [4.69, 9.17) is 27.9 Å². The molecule has 4 rings (SSSR count). The van der Waals surface area contributed by atoms with Gasteiger partial charge >= 0.3 is 0 Å². The lowest BCUT2D eigenvalue weighted by molar-refractivity contribution is -0.126. The lowest BCUT2D eigenvalue weighted by atomic mass is 9.97. The molecule has 2 aromatic carbocycles. The molecule has 184 valence electrons. The van der Waals surface area contributed by atoms with Gasteiger partial charge in [-0.25, -0.2) is 12.7 Å². The summed E-state index contributed by atoms with van der Waals surface area (Å²) in [5.41, 5.74) is 2.59. The second kappa shape index (κ2) is 11.3. The summed E-state index contributed by atoms with van der Waals surface area (Å²) >= 11 is 12.3. The number of carbonyl (C=O) groups is 1. The first-order chi connectivity index (χ1) is 16.3. The molecule has 2 aliphatic heterocycles. The number of halogens is 2. The minimum atomic E-state index is -3.58. The molecular formula is C24H29Cl2N3O4S. The summed E-state index contributed by atoms with van der Waals surface area (Å²) in [4.78, 5) is 15.0. The topological polar surface area (TPSA) is 79.0 Å². The van der Waals surface area contributed by atoms with Gasteiger partial charge in [-0.1, -0.05) is 41.4 Å². The van der Waals surface area contributed by atoms with Crippen LogP contribution in [0.4, 0.5) is 5.69 Å². The van der Waals surface area contributed by atoms with Crippen molar-refractivity contribution in [3.05, 3.63) is 63.6 Å². The number of rotatable bonds is 7. The summed E-state index contributed by atoms with van der Waals surface area (Å²) in [6.07, 6.45) is 0.967. The van der Waals surface area contributed by atoms with Crippen molar-refractivity contribution in [3.63, 3.8) is 0 Å². The molecule has 10 heteroatoms. The zero-order chi connectivity index (χ0) is 24.1. The average Bonchev–Trinajstić information content (AvgIpc) is 2.86. The van der Waals surface area contributed by atoms with Crippen LogP contribution in [0.2, 0.25) is 10.0 Å². The van der Waals surface area contributed by atoms with Crippen LogP contribution in [-0.4, -0.2) is 58.0 Å². The highest BCUT2D eigenvalue weighted by molar-refractivity contribution is 7.88. The Hall–Kier alpha value is -1.84. The van der Waals surface area contributed by atoms with Crippen LogP contribution >= 0.6 is 23.2 Å². The number of ether oxygens (including phenoxy) is 1. The molecule has 0 radical (unpaired) electrons. The van der Waals surface area contributed by atoms with Crippen molar-refractivity contribution in [2.45, 2.75) is 25.1 Å². The summed E-state index contributed by atoms with van der Waals surface area (Å²) in [6, 6.07) is 13.1. The molecule has 0 saturated carbocycles. The third-order valence-corrected chi connectivity index (χ3v) is 8.90. The van der Waals surface area contributed by atoms with Gasteiger partial charge in [0.25, 0.3) is 0 Å². The molecule has 34 heavy (non-hydrogen) atoms. The fraction of sp³-hybridized carbons (Fsp3) is 0.458. The maximum atomic E-state index is 12.9. The van der Waals surface area contributed by atoms with Crippen LogP contribution in [0, 0.1) is 5.92 Å². The summed E-state index contributed by atoms with van der Waals surface area (Å²) in [5, 5.41) is 3.67. The molecule has 0 bridgehead atoms. The average molecular weight is 526 g/mol. The van der Waals surface area contributed by atoms with Crippen molar-refractivity contribution in [1.29, 1.82) is 0 Å². The molecular weight excluding hydrogens is 497 g/mol. The van der Waals surface area contributed by atoms with Gasteiger partial charge in [0.05, 0.1) is 19.0 Å². The quantitative estimate of drug-likeness (QED) is 0.596. The molecule has 0 aliphatic carbocycles. The second-order valence-electron chi connectivity index (χ2n) is 8.61. The number of nitrogens with one attached hydrogen (secondary N) is 1. The van der Waals surface area contributed by atoms with E-state index in [0.717, 1.165) is 37.6 Å². The first-order valence-electron chi connectivity index (χ1n) is 11.4. The summed E-state index contributed by atoms with van der Waals surface area (Å²) < 4.78 is 32.6. The molecule has 0 aromatic heterocycles. The van der Waals surface area contributed by atoms with E-state index in [0.29, 0.717) is 48.1 Å². The van der Waals surface area contributed by atoms with Crippen molar-refractivity contribution >= 4 is 44.8 Å². The molecule has 0 atom stereocenters. The molecule has 2 saturated heterocycles. The largest absolute Gasteiger partial charge is 0.378 e. The van der Waals surface area contributed by atoms with Gasteiger partial charge in [-0.05, 0) is 42.7 Å². The Morgan fingerprint density at radius 3 is 2.21 bits per heavy atom. The van der Waals surface area contributed by atoms with Crippen molar-refractivity contribution in [3.8, 4) is 0 Å². The second-order valence-corrected chi connectivity index (χ2v) is 11.4. The van der Waals surface area contributed by atoms with E-state index in [-0.39, 0.29) is 17.6 Å². The van der Waals surface area contributed by atoms with Crippen LogP contribution in [0.1, 0.15) is 24.0 Å². The zero-order valence-electron chi connectivity index (χ0n) is 18.9. The maximum absolute atomic E-state index is 12.9. The number of nitrogens with zero attached hydrogens (tertiary/aromatic N) is 2. The van der Waals surface area contributed by atoms with Crippen molar-refractivity contribution in [2.75, 3.05) is 44.3 Å². The smallest absolute Gasteiger partial charge is 0.223 e. The predicted molar refractivity (Wildman–Crippen MR) is 135 cm³/mol. The van der Waals surface area contributed by atoms with Crippen molar-refractivity contribution in [1.82, 2.24) is 9.62 Å². The third-order valence-electron chi connectivity index (χ3n) is 6.39. The van der Waals surface area contributed by atoms with Gasteiger partial charge in [-0.15, -0.1) is 0 Å². The third kappa shape index (κ3) is 6.23. The highest BCUT2D eigenvalue weighted by Crippen LogP contribution is 2.29. The van der Waals surface area contributed by atoms with Gasteiger partial charge in [0.2, 0.25) is 15.9 Å². The maximum Gasteiger partial charge on any atom is 0.223 e. The number of sulfonamides is 1. The van der Waals surface area contributed by atoms with Crippen molar-refractivity contribution in [2.24, 2.45) is 5.92 Å². The lowest BCUT2D eigenvalue weighted by Crippen LogP contribution is -2.43. The van der Waals surface area contributed by atoms with E-state index in [2.05, 4.69) is 22.3 Å². The van der Waals surface area contributed by atoms with Crippen LogP contribution in [0.25, 0.3) is 0 Å². The van der Waals surface area contributed by atoms with Crippen LogP contribution < -0.4 is 10.2 Å². The van der Waals surface area contributed by atoms with E-state index >= 15 is 0 Å². The molecule has 2 aliphatic rings. The molecule has 2 heterocycles. The standard InChI is InChI=1S/C24H29Cl2N3O4S/c25-22-2-1-3-23(26)21(22)17-34(31,32)29-10-8-19(9-11-29)24(30)27-16-18-4-6-20(7-5-18)28-12-14-33-15-13-28/h1-7,19H,8-17H2,(H,27,30). The van der Waals surface area contributed by atoms with Crippen LogP contribution in [0.5, 0.6) is 0 Å². The highest BCUT2D eigenvalue weighted by Gasteiger charge is 2.32. The van der Waals surface area contributed by atoms with Crippen molar-refractivity contribution < 1.29 is 17.9 Å². The normalized spacial score (nSPS) is 18.1. The number of benzene rings is 2. The Balaban J connectivity index is 1.25. The van der Waals surface area contributed by atoms with Gasteiger partial charge < -0.3 is 15.0 Å². The number of anilines is 1. The number of piperidine rings is 1. The Bertz CT molecular complexity index is 1080. The van der Waals surface area contributed by atoms with Crippen LogP contribution in [-0.2, 0) is 31.9 Å². The van der Waals surface area contributed by atoms with Gasteiger partial charge in [0, 0.05) is 59.9 Å². The summed E-state index contributed by atoms with van der Waals surface area (Å²) in [6.45, 7) is 4.31.